The van der Waals surface area contributed by atoms with Crippen molar-refractivity contribution in [3.8, 4) is 0 Å². The van der Waals surface area contributed by atoms with Crippen LogP contribution in [-0.2, 0) is 28.1 Å². The molecule has 1 aromatic rings. The van der Waals surface area contributed by atoms with E-state index in [1.807, 2.05) is 30.3 Å². The summed E-state index contributed by atoms with van der Waals surface area (Å²) < 4.78 is 35.1. The summed E-state index contributed by atoms with van der Waals surface area (Å²) in [7, 11) is 1.12. The highest BCUT2D eigenvalue weighted by molar-refractivity contribution is 6.74. The van der Waals surface area contributed by atoms with Crippen LogP contribution in [0, 0.1) is 0 Å². The average Bonchev–Trinajstić information content (AvgIpc) is 3.47. The van der Waals surface area contributed by atoms with Crippen molar-refractivity contribution in [1.29, 1.82) is 0 Å². The lowest BCUT2D eigenvalue weighted by atomic mass is 9.98. The van der Waals surface area contributed by atoms with Crippen LogP contribution in [0.5, 0.6) is 0 Å². The zero-order valence-corrected chi connectivity index (χ0v) is 19.3. The van der Waals surface area contributed by atoms with Crippen LogP contribution in [0.1, 0.15) is 32.4 Å². The predicted octanol–water partition coefficient (Wildman–Crippen LogP) is 4.13. The fraction of sp³-hybridized carbons (Fsp3) is 0.714. The highest BCUT2D eigenvalue weighted by Gasteiger charge is 2.49. The molecule has 6 nitrogen and oxygen atoms in total. The minimum Gasteiger partial charge on any atom is -0.408 e. The minimum absolute atomic E-state index is 0.0257. The van der Waals surface area contributed by atoms with Crippen LogP contribution in [0.25, 0.3) is 0 Å². The molecule has 1 aliphatic rings. The van der Waals surface area contributed by atoms with Crippen molar-refractivity contribution >= 4 is 8.32 Å². The molecule has 7 heteroatoms. The van der Waals surface area contributed by atoms with Crippen molar-refractivity contribution < 1.29 is 28.1 Å². The van der Waals surface area contributed by atoms with E-state index in [0.29, 0.717) is 6.61 Å². The Morgan fingerprint density at radius 2 is 1.61 bits per heavy atom. The van der Waals surface area contributed by atoms with Crippen molar-refractivity contribution in [2.24, 2.45) is 0 Å². The van der Waals surface area contributed by atoms with Gasteiger partial charge in [-0.15, -0.1) is 0 Å². The summed E-state index contributed by atoms with van der Waals surface area (Å²) in [4.78, 5) is 0. The SMILES string of the molecule is COCOC(c1ccccc1)C(O[Si](C)(C)C(C)(C)C)C(OCOC)C1CO1. The topological polar surface area (TPSA) is 58.7 Å². The molecule has 0 N–H and O–H groups in total. The van der Waals surface area contributed by atoms with Gasteiger partial charge in [-0.05, 0) is 23.7 Å². The molecule has 0 bridgehead atoms. The van der Waals surface area contributed by atoms with Gasteiger partial charge >= 0.3 is 0 Å². The number of hydrogen-bond donors (Lipinski definition) is 0. The Kier molecular flexibility index (Phi) is 8.63. The van der Waals surface area contributed by atoms with E-state index in [4.69, 9.17) is 28.1 Å². The molecular weight excluding hydrogens is 376 g/mol. The Labute approximate surface area is 170 Å². The maximum Gasteiger partial charge on any atom is 0.192 e. The highest BCUT2D eigenvalue weighted by atomic mass is 28.4. The third-order valence-electron chi connectivity index (χ3n) is 5.46. The summed E-state index contributed by atoms with van der Waals surface area (Å²) in [6.45, 7) is 12.1. The molecule has 160 valence electrons. The standard InChI is InChI=1S/C21H36O6Si/c1-21(2,3)28(6,7)27-20(19(17-13-24-17)26-15-23-5)18(25-14-22-4)16-11-9-8-10-12-16/h8-12,17-20H,13-15H2,1-7H3. The van der Waals surface area contributed by atoms with E-state index in [0.717, 1.165) is 5.56 Å². The van der Waals surface area contributed by atoms with E-state index >= 15 is 0 Å². The molecule has 0 spiro atoms. The summed E-state index contributed by atoms with van der Waals surface area (Å²) in [5.41, 5.74) is 1.02. The van der Waals surface area contributed by atoms with Crippen molar-refractivity contribution in [2.45, 2.75) is 63.3 Å². The largest absolute Gasteiger partial charge is 0.408 e. The van der Waals surface area contributed by atoms with E-state index in [-0.39, 0.29) is 43.0 Å². The average molecular weight is 413 g/mol. The normalized spacial score (nSPS) is 20.6. The second kappa shape index (κ2) is 10.3. The molecule has 1 heterocycles. The van der Waals surface area contributed by atoms with Crippen LogP contribution in [0.15, 0.2) is 30.3 Å². The van der Waals surface area contributed by atoms with Crippen molar-refractivity contribution in [1.82, 2.24) is 0 Å². The molecule has 0 aromatic heterocycles. The first-order chi connectivity index (χ1) is 13.2. The Hall–Kier alpha value is -0.803. The van der Waals surface area contributed by atoms with E-state index in [1.165, 1.54) is 0 Å². The minimum atomic E-state index is -2.12. The molecule has 0 aliphatic carbocycles. The van der Waals surface area contributed by atoms with Crippen LogP contribution in [0.3, 0.4) is 0 Å². The molecular formula is C21H36O6Si. The van der Waals surface area contributed by atoms with Crippen LogP contribution in [-0.4, -0.2) is 61.0 Å². The molecule has 2 rings (SSSR count). The monoisotopic (exact) mass is 412 g/mol. The maximum absolute atomic E-state index is 6.87. The first-order valence-electron chi connectivity index (χ1n) is 9.76. The zero-order chi connectivity index (χ0) is 20.8. The summed E-state index contributed by atoms with van der Waals surface area (Å²) in [5.74, 6) is 0. The summed E-state index contributed by atoms with van der Waals surface area (Å²) >= 11 is 0. The molecule has 1 aliphatic heterocycles. The third kappa shape index (κ3) is 6.35. The third-order valence-corrected chi connectivity index (χ3v) is 9.93. The van der Waals surface area contributed by atoms with Crippen LogP contribution >= 0.6 is 0 Å². The maximum atomic E-state index is 6.87. The fourth-order valence-corrected chi connectivity index (χ4v) is 4.08. The van der Waals surface area contributed by atoms with E-state index in [9.17, 15) is 0 Å². The van der Waals surface area contributed by atoms with Crippen LogP contribution < -0.4 is 0 Å². The van der Waals surface area contributed by atoms with Crippen LogP contribution in [0.4, 0.5) is 0 Å². The number of methoxy groups -OCH3 is 2. The second-order valence-electron chi connectivity index (χ2n) is 8.66. The summed E-state index contributed by atoms with van der Waals surface area (Å²) in [5, 5.41) is 0.0456. The van der Waals surface area contributed by atoms with Gasteiger partial charge in [-0.25, -0.2) is 0 Å². The van der Waals surface area contributed by atoms with Crippen molar-refractivity contribution in [2.75, 3.05) is 34.4 Å². The number of benzene rings is 1. The second-order valence-corrected chi connectivity index (χ2v) is 13.4. The lowest BCUT2D eigenvalue weighted by Crippen LogP contribution is -2.51. The first-order valence-corrected chi connectivity index (χ1v) is 12.7. The van der Waals surface area contributed by atoms with Gasteiger partial charge in [0.25, 0.3) is 0 Å². The number of hydrogen-bond acceptors (Lipinski definition) is 6. The van der Waals surface area contributed by atoms with E-state index < -0.39 is 8.32 Å². The van der Waals surface area contributed by atoms with E-state index in [1.54, 1.807) is 14.2 Å². The van der Waals surface area contributed by atoms with Gasteiger partial charge in [0.2, 0.25) is 0 Å². The highest BCUT2D eigenvalue weighted by Crippen LogP contribution is 2.41. The molecule has 1 aromatic carbocycles. The molecule has 1 saturated heterocycles. The Balaban J connectivity index is 2.40. The fourth-order valence-electron chi connectivity index (χ4n) is 2.79. The van der Waals surface area contributed by atoms with Gasteiger partial charge in [-0.1, -0.05) is 51.1 Å². The Morgan fingerprint density at radius 1 is 1.04 bits per heavy atom. The van der Waals surface area contributed by atoms with Crippen molar-refractivity contribution in [3.05, 3.63) is 35.9 Å². The smallest absolute Gasteiger partial charge is 0.192 e. The molecule has 4 atom stereocenters. The molecule has 1 fully saturated rings. The lowest BCUT2D eigenvalue weighted by Gasteiger charge is -2.43. The molecule has 4 unspecified atom stereocenters. The van der Waals surface area contributed by atoms with Gasteiger partial charge in [0.05, 0.1) is 6.61 Å². The van der Waals surface area contributed by atoms with Crippen LogP contribution in [0.2, 0.25) is 18.1 Å². The molecule has 28 heavy (non-hydrogen) atoms. The van der Waals surface area contributed by atoms with Gasteiger partial charge in [-0.3, -0.25) is 0 Å². The summed E-state index contributed by atoms with van der Waals surface area (Å²) in [6, 6.07) is 10.1. The Morgan fingerprint density at radius 3 is 2.11 bits per heavy atom. The predicted molar refractivity (Wildman–Crippen MR) is 111 cm³/mol. The van der Waals surface area contributed by atoms with Crippen molar-refractivity contribution in [3.63, 3.8) is 0 Å². The first kappa shape index (κ1) is 23.5. The zero-order valence-electron chi connectivity index (χ0n) is 18.3. The lowest BCUT2D eigenvalue weighted by molar-refractivity contribution is -0.171. The van der Waals surface area contributed by atoms with Gasteiger partial charge in [0.1, 0.15) is 38.0 Å². The molecule has 0 amide bonds. The molecule has 0 radical (unpaired) electrons. The van der Waals surface area contributed by atoms with Gasteiger partial charge in [0.15, 0.2) is 8.32 Å². The quantitative estimate of drug-likeness (QED) is 0.292. The van der Waals surface area contributed by atoms with Gasteiger partial charge in [0, 0.05) is 14.2 Å². The van der Waals surface area contributed by atoms with Gasteiger partial charge in [-0.2, -0.15) is 0 Å². The summed E-state index contributed by atoms with van der Waals surface area (Å²) in [6.07, 6.45) is -1.01. The Bertz CT molecular complexity index is 570. The van der Waals surface area contributed by atoms with E-state index in [2.05, 4.69) is 33.9 Å². The van der Waals surface area contributed by atoms with Gasteiger partial charge < -0.3 is 28.1 Å². The number of ether oxygens (including phenoxy) is 5. The molecule has 0 saturated carbocycles. The number of rotatable bonds is 12. The number of epoxide rings is 1.